The number of benzene rings is 1. The van der Waals surface area contributed by atoms with E-state index in [0.717, 1.165) is 37.9 Å². The summed E-state index contributed by atoms with van der Waals surface area (Å²) in [5, 5.41) is 4.27. The molecule has 8 heteroatoms. The molecule has 2 saturated heterocycles. The number of ether oxygens (including phenoxy) is 1. The Morgan fingerprint density at radius 2 is 1.94 bits per heavy atom. The molecule has 33 heavy (non-hydrogen) atoms. The number of rotatable bonds is 6. The number of likely N-dealkylation sites (tertiary alicyclic amines) is 1. The van der Waals surface area contributed by atoms with Crippen molar-refractivity contribution in [3.63, 3.8) is 0 Å². The molecule has 2 aliphatic heterocycles. The molecule has 1 N–H and O–H groups in total. The number of aromatic nitrogens is 1. The molecule has 1 amide bonds. The molecule has 0 radical (unpaired) electrons. The number of carbonyl (C=O) groups excluding carboxylic acids is 1. The number of nitrogens with zero attached hydrogens (tertiary/aromatic N) is 3. The fraction of sp³-hybridized carbons (Fsp3) is 0.600. The monoisotopic (exact) mass is 472 g/mol. The van der Waals surface area contributed by atoms with Crippen LogP contribution in [-0.2, 0) is 28.9 Å². The molecule has 1 aliphatic carbocycles. The standard InChI is InChI=1S/C25H33FN4O2S/c26-20-15-18(5-6-22(20)30-11-13-32-14-12-30)16-27-24(31)17-29-9-7-19(8-10-29)25-28-21-3-1-2-4-23(21)33-25/h5-6,15,19H,1-4,7-14,16-17H2,(H,27,31). The second-order valence-electron chi connectivity index (χ2n) is 9.34. The number of halogens is 1. The molecule has 6 nitrogen and oxygen atoms in total. The van der Waals surface area contributed by atoms with Crippen LogP contribution in [0.15, 0.2) is 18.2 Å². The van der Waals surface area contributed by atoms with Gasteiger partial charge in [0.2, 0.25) is 5.91 Å². The molecule has 1 aromatic carbocycles. The second-order valence-corrected chi connectivity index (χ2v) is 10.5. The van der Waals surface area contributed by atoms with Crippen molar-refractivity contribution in [1.29, 1.82) is 0 Å². The minimum atomic E-state index is -0.241. The van der Waals surface area contributed by atoms with Crippen LogP contribution in [-0.4, -0.2) is 61.7 Å². The van der Waals surface area contributed by atoms with Crippen LogP contribution in [0.25, 0.3) is 0 Å². The van der Waals surface area contributed by atoms with Gasteiger partial charge in [-0.25, -0.2) is 9.37 Å². The van der Waals surface area contributed by atoms with E-state index in [1.807, 2.05) is 28.4 Å². The van der Waals surface area contributed by atoms with Crippen LogP contribution in [0.5, 0.6) is 0 Å². The zero-order chi connectivity index (χ0) is 22.6. The maximum absolute atomic E-state index is 14.6. The fourth-order valence-corrected chi connectivity index (χ4v) is 6.39. The minimum Gasteiger partial charge on any atom is -0.378 e. The Morgan fingerprint density at radius 3 is 2.70 bits per heavy atom. The molecule has 0 atom stereocenters. The van der Waals surface area contributed by atoms with Crippen LogP contribution >= 0.6 is 11.3 Å². The first-order valence-electron chi connectivity index (χ1n) is 12.2. The Labute approximate surface area is 199 Å². The van der Waals surface area contributed by atoms with Gasteiger partial charge < -0.3 is 15.0 Å². The molecular formula is C25H33FN4O2S. The van der Waals surface area contributed by atoms with Crippen molar-refractivity contribution in [2.45, 2.75) is 51.0 Å². The van der Waals surface area contributed by atoms with Gasteiger partial charge in [0.15, 0.2) is 0 Å². The number of hydrogen-bond donors (Lipinski definition) is 1. The van der Waals surface area contributed by atoms with Gasteiger partial charge in [0.1, 0.15) is 5.82 Å². The summed E-state index contributed by atoms with van der Waals surface area (Å²) in [7, 11) is 0. The lowest BCUT2D eigenvalue weighted by molar-refractivity contribution is -0.122. The van der Waals surface area contributed by atoms with Gasteiger partial charge in [-0.2, -0.15) is 0 Å². The van der Waals surface area contributed by atoms with Gasteiger partial charge in [-0.1, -0.05) is 6.07 Å². The van der Waals surface area contributed by atoms with Crippen molar-refractivity contribution in [3.05, 3.63) is 45.2 Å². The Balaban J connectivity index is 1.07. The average Bonchev–Trinajstić information content (AvgIpc) is 3.28. The number of aryl methyl sites for hydroxylation is 2. The fourth-order valence-electron chi connectivity index (χ4n) is 5.07. The third-order valence-electron chi connectivity index (χ3n) is 7.02. The van der Waals surface area contributed by atoms with Crippen molar-refractivity contribution in [2.24, 2.45) is 0 Å². The highest BCUT2D eigenvalue weighted by atomic mass is 32.1. The molecule has 3 heterocycles. The van der Waals surface area contributed by atoms with Crippen molar-refractivity contribution in [1.82, 2.24) is 15.2 Å². The van der Waals surface area contributed by atoms with Crippen LogP contribution in [0.1, 0.15) is 52.7 Å². The summed E-state index contributed by atoms with van der Waals surface area (Å²) in [5.74, 6) is 0.290. The molecular weight excluding hydrogens is 439 g/mol. The van der Waals surface area contributed by atoms with Gasteiger partial charge in [-0.05, 0) is 69.3 Å². The highest BCUT2D eigenvalue weighted by Crippen LogP contribution is 2.35. The second kappa shape index (κ2) is 10.5. The lowest BCUT2D eigenvalue weighted by Crippen LogP contribution is -2.41. The van der Waals surface area contributed by atoms with E-state index in [-0.39, 0.29) is 11.7 Å². The zero-order valence-corrected chi connectivity index (χ0v) is 20.0. The first kappa shape index (κ1) is 22.7. The summed E-state index contributed by atoms with van der Waals surface area (Å²) in [5.41, 5.74) is 2.74. The number of amides is 1. The third kappa shape index (κ3) is 5.55. The summed E-state index contributed by atoms with van der Waals surface area (Å²) < 4.78 is 19.9. The molecule has 0 bridgehead atoms. The quantitative estimate of drug-likeness (QED) is 0.698. The molecule has 1 aromatic heterocycles. The maximum Gasteiger partial charge on any atom is 0.234 e. The summed E-state index contributed by atoms with van der Waals surface area (Å²) in [6.45, 7) is 5.25. The number of thiazole rings is 1. The Morgan fingerprint density at radius 1 is 1.15 bits per heavy atom. The number of morpholine rings is 1. The van der Waals surface area contributed by atoms with Crippen LogP contribution in [0.4, 0.5) is 10.1 Å². The zero-order valence-electron chi connectivity index (χ0n) is 19.2. The lowest BCUT2D eigenvalue weighted by atomic mass is 9.97. The molecule has 3 aliphatic rings. The SMILES string of the molecule is O=C(CN1CCC(c2nc3c(s2)CCCC3)CC1)NCc1ccc(N2CCOCC2)c(F)c1. The van der Waals surface area contributed by atoms with E-state index in [1.165, 1.54) is 40.9 Å². The van der Waals surface area contributed by atoms with Crippen LogP contribution in [0.3, 0.4) is 0 Å². The highest BCUT2D eigenvalue weighted by molar-refractivity contribution is 7.11. The Kier molecular flexibility index (Phi) is 7.23. The molecule has 0 unspecified atom stereocenters. The number of nitrogens with one attached hydrogen (secondary N) is 1. The number of hydrogen-bond acceptors (Lipinski definition) is 6. The average molecular weight is 473 g/mol. The number of piperidine rings is 1. The van der Waals surface area contributed by atoms with E-state index in [2.05, 4.69) is 10.2 Å². The predicted molar refractivity (Wildman–Crippen MR) is 128 cm³/mol. The molecule has 2 aromatic rings. The van der Waals surface area contributed by atoms with Crippen molar-refractivity contribution in [2.75, 3.05) is 50.8 Å². The van der Waals surface area contributed by atoms with Crippen LogP contribution in [0, 0.1) is 5.82 Å². The van der Waals surface area contributed by atoms with E-state index < -0.39 is 0 Å². The Hall–Kier alpha value is -2.03. The highest BCUT2D eigenvalue weighted by Gasteiger charge is 2.26. The molecule has 0 saturated carbocycles. The number of anilines is 1. The van der Waals surface area contributed by atoms with Gasteiger partial charge in [-0.15, -0.1) is 11.3 Å². The van der Waals surface area contributed by atoms with Crippen molar-refractivity contribution < 1.29 is 13.9 Å². The van der Waals surface area contributed by atoms with Gasteiger partial charge in [0, 0.05) is 30.4 Å². The van der Waals surface area contributed by atoms with Crippen molar-refractivity contribution in [3.8, 4) is 0 Å². The van der Waals surface area contributed by atoms with E-state index in [1.54, 1.807) is 0 Å². The largest absolute Gasteiger partial charge is 0.378 e. The number of carbonyl (C=O) groups is 1. The molecule has 5 rings (SSSR count). The minimum absolute atomic E-state index is 0.00386. The third-order valence-corrected chi connectivity index (χ3v) is 8.34. The summed E-state index contributed by atoms with van der Waals surface area (Å²) in [6, 6.07) is 5.24. The van der Waals surface area contributed by atoms with Gasteiger partial charge in [0.25, 0.3) is 0 Å². The van der Waals surface area contributed by atoms with Gasteiger partial charge in [0.05, 0.1) is 36.1 Å². The normalized spacial score (nSPS) is 20.0. The van der Waals surface area contributed by atoms with Crippen molar-refractivity contribution >= 4 is 22.9 Å². The van der Waals surface area contributed by atoms with Crippen LogP contribution < -0.4 is 10.2 Å². The van der Waals surface area contributed by atoms with E-state index in [9.17, 15) is 9.18 Å². The topological polar surface area (TPSA) is 57.7 Å². The lowest BCUT2D eigenvalue weighted by Gasteiger charge is -2.30. The molecule has 2 fully saturated rings. The van der Waals surface area contributed by atoms with Gasteiger partial charge >= 0.3 is 0 Å². The smallest absolute Gasteiger partial charge is 0.234 e. The first-order valence-corrected chi connectivity index (χ1v) is 13.1. The van der Waals surface area contributed by atoms with Gasteiger partial charge in [-0.3, -0.25) is 9.69 Å². The van der Waals surface area contributed by atoms with E-state index >= 15 is 0 Å². The Bertz CT molecular complexity index is 944. The summed E-state index contributed by atoms with van der Waals surface area (Å²) >= 11 is 1.93. The van der Waals surface area contributed by atoms with E-state index in [4.69, 9.17) is 9.72 Å². The number of fused-ring (bicyclic) bond motifs is 1. The maximum atomic E-state index is 14.6. The van der Waals surface area contributed by atoms with E-state index in [0.29, 0.717) is 51.0 Å². The molecule has 0 spiro atoms. The predicted octanol–water partition coefficient (Wildman–Crippen LogP) is 3.49. The van der Waals surface area contributed by atoms with Crippen LogP contribution in [0.2, 0.25) is 0 Å². The first-order chi connectivity index (χ1) is 16.2. The summed E-state index contributed by atoms with van der Waals surface area (Å²) in [4.78, 5) is 23.2. The molecule has 178 valence electrons. The summed E-state index contributed by atoms with van der Waals surface area (Å²) in [6.07, 6.45) is 7.04.